The Bertz CT molecular complexity index is 1440. The molecule has 0 unspecified atom stereocenters. The van der Waals surface area contributed by atoms with Crippen LogP contribution in [0.15, 0.2) is 74.8 Å². The number of carbonyl (C=O) groups is 1. The average Bonchev–Trinajstić information content (AvgIpc) is 3.06. The molecule has 0 aliphatic heterocycles. The molecule has 0 atom stereocenters. The molecule has 0 aliphatic carbocycles. The van der Waals surface area contributed by atoms with E-state index in [2.05, 4.69) is 0 Å². The number of carbonyl (C=O) groups excluding carboxylic acids is 1. The second-order valence-corrected chi connectivity index (χ2v) is 9.95. The molecule has 4 aromatic rings. The average molecular weight is 454 g/mol. The van der Waals surface area contributed by atoms with Crippen LogP contribution >= 0.6 is 11.3 Å². The Labute approximate surface area is 183 Å². The highest BCUT2D eigenvalue weighted by molar-refractivity contribution is 7.93. The molecular formula is C23H19NO5S2. The molecule has 0 radical (unpaired) electrons. The fourth-order valence-corrected chi connectivity index (χ4v) is 6.25. The topological polar surface area (TPSA) is 84.7 Å². The number of anilines is 1. The zero-order chi connectivity index (χ0) is 22.3. The van der Waals surface area contributed by atoms with Crippen LogP contribution in [0, 0.1) is 20.8 Å². The van der Waals surface area contributed by atoms with E-state index in [1.54, 1.807) is 56.3 Å². The van der Waals surface area contributed by atoms with Crippen molar-refractivity contribution in [2.45, 2.75) is 25.7 Å². The van der Waals surface area contributed by atoms with Gasteiger partial charge in [0, 0.05) is 5.56 Å². The summed E-state index contributed by atoms with van der Waals surface area (Å²) in [4.78, 5) is 24.7. The summed E-state index contributed by atoms with van der Waals surface area (Å²) in [6.07, 6.45) is 0. The summed E-state index contributed by atoms with van der Waals surface area (Å²) in [5.74, 6) is -0.685. The highest BCUT2D eigenvalue weighted by Crippen LogP contribution is 2.32. The smallest absolute Gasteiger partial charge is 0.396 e. The highest BCUT2D eigenvalue weighted by atomic mass is 32.2. The van der Waals surface area contributed by atoms with Gasteiger partial charge < -0.3 is 4.42 Å². The number of hydrogen-bond donors (Lipinski definition) is 0. The number of aryl methyl sites for hydroxylation is 3. The van der Waals surface area contributed by atoms with E-state index in [9.17, 15) is 18.0 Å². The van der Waals surface area contributed by atoms with E-state index in [0.29, 0.717) is 21.4 Å². The summed E-state index contributed by atoms with van der Waals surface area (Å²) in [5, 5.41) is 0. The third-order valence-corrected chi connectivity index (χ3v) is 7.66. The van der Waals surface area contributed by atoms with Gasteiger partial charge in [0.25, 0.3) is 15.9 Å². The molecule has 1 heterocycles. The monoisotopic (exact) mass is 453 g/mol. The number of fused-ring (bicyclic) bond motifs is 1. The molecule has 8 heteroatoms. The van der Waals surface area contributed by atoms with Crippen LogP contribution < -0.4 is 9.24 Å². The first-order chi connectivity index (χ1) is 14.7. The van der Waals surface area contributed by atoms with Crippen molar-refractivity contribution in [3.05, 3.63) is 92.7 Å². The van der Waals surface area contributed by atoms with Crippen molar-refractivity contribution in [3.8, 4) is 0 Å². The predicted octanol–water partition coefficient (Wildman–Crippen LogP) is 4.82. The van der Waals surface area contributed by atoms with Gasteiger partial charge >= 0.3 is 4.94 Å². The van der Waals surface area contributed by atoms with Crippen molar-refractivity contribution in [2.24, 2.45) is 0 Å². The standard InChI is InChI=1S/C23H19NO5S2/c1-14-11-15(2)21(16(3)12-14)31(27,28)24(22(25)17-7-5-4-6-8-17)18-9-10-19-20(13-18)30-23(26)29-19/h4-13H,1-3H3. The Balaban J connectivity index is 1.98. The van der Waals surface area contributed by atoms with E-state index >= 15 is 0 Å². The first kappa shape index (κ1) is 21.0. The minimum Gasteiger partial charge on any atom is -0.414 e. The van der Waals surface area contributed by atoms with Crippen LogP contribution in [0.4, 0.5) is 5.69 Å². The lowest BCUT2D eigenvalue weighted by molar-refractivity contribution is 0.101. The van der Waals surface area contributed by atoms with E-state index in [1.807, 2.05) is 6.92 Å². The number of nitrogens with zero attached hydrogens (tertiary/aromatic N) is 1. The molecule has 0 N–H and O–H groups in total. The first-order valence-electron chi connectivity index (χ1n) is 9.45. The van der Waals surface area contributed by atoms with Gasteiger partial charge in [0.15, 0.2) is 0 Å². The molecule has 0 bridgehead atoms. The van der Waals surface area contributed by atoms with Crippen LogP contribution in [0.3, 0.4) is 0 Å². The van der Waals surface area contributed by atoms with Crippen molar-refractivity contribution < 1.29 is 17.6 Å². The Hall–Kier alpha value is -3.23. The number of hydrogen-bond acceptors (Lipinski definition) is 6. The van der Waals surface area contributed by atoms with Crippen LogP contribution in [0.1, 0.15) is 27.0 Å². The van der Waals surface area contributed by atoms with Crippen molar-refractivity contribution >= 4 is 43.2 Å². The molecular weight excluding hydrogens is 434 g/mol. The van der Waals surface area contributed by atoms with E-state index < -0.39 is 20.9 Å². The van der Waals surface area contributed by atoms with Crippen LogP contribution in [0.25, 0.3) is 10.3 Å². The molecule has 4 rings (SSSR count). The molecule has 1 amide bonds. The molecule has 3 aromatic carbocycles. The summed E-state index contributed by atoms with van der Waals surface area (Å²) in [5.41, 5.74) is 2.74. The number of sulfonamides is 1. The summed E-state index contributed by atoms with van der Waals surface area (Å²) >= 11 is 0.851. The molecule has 0 fully saturated rings. The minimum absolute atomic E-state index is 0.0860. The van der Waals surface area contributed by atoms with E-state index in [1.165, 1.54) is 18.2 Å². The highest BCUT2D eigenvalue weighted by Gasteiger charge is 2.34. The SMILES string of the molecule is Cc1cc(C)c(S(=O)(=O)N(C(=O)c2ccccc2)c2ccc3oc(=O)sc3c2)c(C)c1. The minimum atomic E-state index is -4.26. The van der Waals surface area contributed by atoms with Gasteiger partial charge in [0.2, 0.25) is 0 Å². The summed E-state index contributed by atoms with van der Waals surface area (Å²) in [6.45, 7) is 5.31. The molecule has 1 aromatic heterocycles. The van der Waals surface area contributed by atoms with E-state index in [4.69, 9.17) is 4.42 Å². The zero-order valence-corrected chi connectivity index (χ0v) is 18.7. The fourth-order valence-electron chi connectivity index (χ4n) is 3.72. The molecule has 0 spiro atoms. The molecule has 0 saturated heterocycles. The maximum Gasteiger partial charge on any atom is 0.396 e. The lowest BCUT2D eigenvalue weighted by atomic mass is 10.1. The zero-order valence-electron chi connectivity index (χ0n) is 17.1. The third-order valence-electron chi connectivity index (χ3n) is 4.86. The van der Waals surface area contributed by atoms with Gasteiger partial charge in [-0.2, -0.15) is 4.31 Å². The molecule has 6 nitrogen and oxygen atoms in total. The molecule has 0 aliphatic rings. The van der Waals surface area contributed by atoms with Gasteiger partial charge in [-0.25, -0.2) is 13.2 Å². The van der Waals surface area contributed by atoms with E-state index in [-0.39, 0.29) is 16.1 Å². The van der Waals surface area contributed by atoms with Gasteiger partial charge in [-0.15, -0.1) is 0 Å². The fraction of sp³-hybridized carbons (Fsp3) is 0.130. The number of amides is 1. The summed E-state index contributed by atoms with van der Waals surface area (Å²) < 4.78 is 34.1. The number of rotatable bonds is 4. The second-order valence-electron chi connectivity index (χ2n) is 7.25. The quantitative estimate of drug-likeness (QED) is 0.442. The van der Waals surface area contributed by atoms with Crippen molar-refractivity contribution in [3.63, 3.8) is 0 Å². The normalized spacial score (nSPS) is 11.6. The van der Waals surface area contributed by atoms with Gasteiger partial charge in [-0.3, -0.25) is 4.79 Å². The second kappa shape index (κ2) is 7.79. The van der Waals surface area contributed by atoms with Gasteiger partial charge in [-0.1, -0.05) is 47.2 Å². The summed E-state index contributed by atoms with van der Waals surface area (Å²) in [7, 11) is -4.26. The van der Waals surface area contributed by atoms with Crippen molar-refractivity contribution in [1.82, 2.24) is 0 Å². The van der Waals surface area contributed by atoms with Gasteiger partial charge in [0.05, 0.1) is 15.3 Å². The maximum atomic E-state index is 13.9. The van der Waals surface area contributed by atoms with E-state index in [0.717, 1.165) is 21.2 Å². The molecule has 31 heavy (non-hydrogen) atoms. The molecule has 158 valence electrons. The van der Waals surface area contributed by atoms with Crippen molar-refractivity contribution in [2.75, 3.05) is 4.31 Å². The maximum absolute atomic E-state index is 13.9. The molecule has 0 saturated carbocycles. The largest absolute Gasteiger partial charge is 0.414 e. The lowest BCUT2D eigenvalue weighted by Crippen LogP contribution is -2.37. The Morgan fingerprint density at radius 3 is 2.23 bits per heavy atom. The summed E-state index contributed by atoms with van der Waals surface area (Å²) in [6, 6.07) is 16.2. The van der Waals surface area contributed by atoms with Gasteiger partial charge in [0.1, 0.15) is 5.58 Å². The number of benzene rings is 3. The predicted molar refractivity (Wildman–Crippen MR) is 121 cm³/mol. The van der Waals surface area contributed by atoms with Crippen LogP contribution in [-0.2, 0) is 10.0 Å². The van der Waals surface area contributed by atoms with Crippen LogP contribution in [-0.4, -0.2) is 14.3 Å². The van der Waals surface area contributed by atoms with Crippen LogP contribution in [0.2, 0.25) is 0 Å². The Morgan fingerprint density at radius 2 is 1.58 bits per heavy atom. The first-order valence-corrected chi connectivity index (χ1v) is 11.7. The lowest BCUT2D eigenvalue weighted by Gasteiger charge is -2.25. The Kier molecular flexibility index (Phi) is 5.28. The Morgan fingerprint density at radius 1 is 0.935 bits per heavy atom. The third kappa shape index (κ3) is 3.80. The van der Waals surface area contributed by atoms with Crippen LogP contribution in [0.5, 0.6) is 0 Å². The van der Waals surface area contributed by atoms with Gasteiger partial charge in [-0.05, 0) is 62.2 Å². The van der Waals surface area contributed by atoms with Crippen molar-refractivity contribution in [1.29, 1.82) is 0 Å².